The zero-order chi connectivity index (χ0) is 7.28. The third kappa shape index (κ3) is 4.96. The number of carbonyl (C=O) groups excluding carboxylic acids is 1. The molecule has 0 heterocycles. The molecule has 0 saturated carbocycles. The molecule has 0 aromatic rings. The second kappa shape index (κ2) is 4.03. The lowest BCUT2D eigenvalue weighted by Crippen LogP contribution is -2.14. The molecule has 0 bridgehead atoms. The highest BCUT2D eigenvalue weighted by atomic mass is 16.4. The molecule has 0 aromatic carbocycles. The van der Waals surface area contributed by atoms with Crippen molar-refractivity contribution in [3.63, 3.8) is 0 Å². The van der Waals surface area contributed by atoms with E-state index in [9.17, 15) is 9.59 Å². The van der Waals surface area contributed by atoms with Crippen LogP contribution in [0.1, 0.15) is 12.8 Å². The van der Waals surface area contributed by atoms with Crippen LogP contribution in [0.15, 0.2) is 0 Å². The third-order valence-corrected chi connectivity index (χ3v) is 0.845. The smallest absolute Gasteiger partial charge is 0.303 e. The number of carbonyl (C=O) groups is 2. The topological polar surface area (TPSA) is 80.4 Å². The van der Waals surface area contributed by atoms with Gasteiger partial charge in [0.2, 0.25) is 0 Å². The number of aliphatic carboxylic acids is 1. The lowest BCUT2D eigenvalue weighted by atomic mass is 10.4. The van der Waals surface area contributed by atoms with Gasteiger partial charge in [0.05, 0.1) is 13.0 Å². The molecule has 4 heteroatoms. The van der Waals surface area contributed by atoms with Crippen LogP contribution >= 0.6 is 0 Å². The minimum absolute atomic E-state index is 0.0475. The Morgan fingerprint density at radius 2 is 1.89 bits per heavy atom. The molecule has 3 N–H and O–H groups in total. The van der Waals surface area contributed by atoms with Gasteiger partial charge in [0, 0.05) is 6.42 Å². The molecule has 9 heavy (non-hydrogen) atoms. The summed E-state index contributed by atoms with van der Waals surface area (Å²) in [5.41, 5.74) is 4.92. The first kappa shape index (κ1) is 8.10. The van der Waals surface area contributed by atoms with Crippen molar-refractivity contribution in [3.8, 4) is 0 Å². The Labute approximate surface area is 52.7 Å². The Hall–Kier alpha value is -0.900. The fourth-order valence-corrected chi connectivity index (χ4v) is 0.348. The van der Waals surface area contributed by atoms with E-state index < -0.39 is 5.97 Å². The zero-order valence-electron chi connectivity index (χ0n) is 4.96. The molecule has 0 aliphatic carbocycles. The summed E-state index contributed by atoms with van der Waals surface area (Å²) in [6.07, 6.45) is -0.0676. The highest BCUT2D eigenvalue weighted by Gasteiger charge is 2.01. The average molecular weight is 132 g/mol. The van der Waals surface area contributed by atoms with E-state index in [1.165, 1.54) is 0 Å². The molecule has 0 saturated heterocycles. The maximum Gasteiger partial charge on any atom is 0.303 e. The van der Waals surface area contributed by atoms with Crippen molar-refractivity contribution in [2.75, 3.05) is 6.54 Å². The Balaban J connectivity index is 3.28. The highest BCUT2D eigenvalue weighted by molar-refractivity contribution is 5.83. The summed E-state index contributed by atoms with van der Waals surface area (Å²) in [5.74, 6) is -1.17. The van der Waals surface area contributed by atoms with E-state index in [2.05, 4.69) is 0 Å². The molecule has 4 nitrogen and oxygen atoms in total. The molecule has 0 fully saturated rings. The lowest BCUT2D eigenvalue weighted by molar-refractivity contribution is -0.138. The van der Waals surface area contributed by atoms with Crippen LogP contribution in [0.2, 0.25) is 0 Å². The van der Waals surface area contributed by atoms with Gasteiger partial charge in [-0.3, -0.25) is 9.59 Å². The second-order valence-electron chi connectivity index (χ2n) is 1.64. The van der Waals surface area contributed by atoms with Crippen LogP contribution in [0.3, 0.4) is 0 Å². The van der Waals surface area contributed by atoms with E-state index in [1.807, 2.05) is 0 Å². The standard InChI is InChI=1S/C5H9NO3/c6-3-4(7)1-2-5(8)9/h1-3,6H2,(H,8,9)/i1+1. The quantitative estimate of drug-likeness (QED) is 0.499. The molecule has 0 radical (unpaired) electrons. The lowest BCUT2D eigenvalue weighted by Gasteiger charge is -1.90. The van der Waals surface area contributed by atoms with Gasteiger partial charge in [0.1, 0.15) is 5.78 Å². The monoisotopic (exact) mass is 132 g/mol. The maximum absolute atomic E-state index is 10.3. The summed E-state index contributed by atoms with van der Waals surface area (Å²) in [6.45, 7) is -0.0622. The fourth-order valence-electron chi connectivity index (χ4n) is 0.348. The number of hydrogen-bond acceptors (Lipinski definition) is 3. The van der Waals surface area contributed by atoms with Gasteiger partial charge in [-0.15, -0.1) is 0 Å². The number of ketones is 1. The van der Waals surface area contributed by atoms with Crippen molar-refractivity contribution in [3.05, 3.63) is 0 Å². The summed E-state index contributed by atoms with van der Waals surface area (Å²) in [5, 5.41) is 8.06. The molecule has 0 aromatic heterocycles. The Kier molecular flexibility index (Phi) is 3.62. The Morgan fingerprint density at radius 1 is 1.33 bits per heavy atom. The van der Waals surface area contributed by atoms with E-state index in [0.29, 0.717) is 0 Å². The largest absolute Gasteiger partial charge is 0.481 e. The van der Waals surface area contributed by atoms with Gasteiger partial charge in [0.15, 0.2) is 0 Å². The van der Waals surface area contributed by atoms with E-state index in [1.54, 1.807) is 0 Å². The Bertz CT molecular complexity index is 121. The van der Waals surface area contributed by atoms with Crippen molar-refractivity contribution in [1.82, 2.24) is 0 Å². The number of rotatable bonds is 4. The third-order valence-electron chi connectivity index (χ3n) is 0.845. The molecule has 0 aliphatic heterocycles. The number of carboxylic acid groups (broad SMARTS) is 1. The summed E-state index contributed by atoms with van der Waals surface area (Å²) < 4.78 is 0. The molecule has 52 valence electrons. The van der Waals surface area contributed by atoms with Crippen LogP contribution in [0.25, 0.3) is 0 Å². The second-order valence-corrected chi connectivity index (χ2v) is 1.64. The molecular formula is C5H9NO3. The molecule has 0 amide bonds. The Morgan fingerprint density at radius 3 is 2.22 bits per heavy atom. The van der Waals surface area contributed by atoms with Gasteiger partial charge in [-0.05, 0) is 0 Å². The van der Waals surface area contributed by atoms with E-state index in [0.717, 1.165) is 0 Å². The summed E-state index contributed by atoms with van der Waals surface area (Å²) in [7, 11) is 0. The molecular weight excluding hydrogens is 123 g/mol. The van der Waals surface area contributed by atoms with Gasteiger partial charge < -0.3 is 10.8 Å². The fraction of sp³-hybridized carbons (Fsp3) is 0.600. The first-order valence-electron chi connectivity index (χ1n) is 2.60. The van der Waals surface area contributed by atoms with Crippen molar-refractivity contribution in [2.24, 2.45) is 5.73 Å². The zero-order valence-corrected chi connectivity index (χ0v) is 4.96. The van der Waals surface area contributed by atoms with Crippen LogP contribution in [-0.4, -0.2) is 23.4 Å². The first-order valence-corrected chi connectivity index (χ1v) is 2.60. The summed E-state index contributed by atoms with van der Waals surface area (Å²) >= 11 is 0. The van der Waals surface area contributed by atoms with Crippen molar-refractivity contribution in [1.29, 1.82) is 0 Å². The van der Waals surface area contributed by atoms with E-state index in [4.69, 9.17) is 10.8 Å². The molecule has 0 unspecified atom stereocenters. The minimum Gasteiger partial charge on any atom is -0.481 e. The number of Topliss-reactive ketones (excluding diaryl/α,β-unsaturated/α-hetero) is 1. The van der Waals surface area contributed by atoms with Crippen LogP contribution in [0.4, 0.5) is 0 Å². The van der Waals surface area contributed by atoms with Crippen LogP contribution in [0, 0.1) is 0 Å². The normalized spacial score (nSPS) is 9.00. The van der Waals surface area contributed by atoms with Gasteiger partial charge in [-0.25, -0.2) is 0 Å². The van der Waals surface area contributed by atoms with Gasteiger partial charge >= 0.3 is 5.97 Å². The predicted molar refractivity (Wildman–Crippen MR) is 30.9 cm³/mol. The van der Waals surface area contributed by atoms with Crippen molar-refractivity contribution in [2.45, 2.75) is 12.8 Å². The summed E-state index contributed by atoms with van der Waals surface area (Å²) in [6, 6.07) is 0. The number of nitrogens with two attached hydrogens (primary N) is 1. The van der Waals surface area contributed by atoms with Crippen molar-refractivity contribution >= 4 is 11.8 Å². The SMILES string of the molecule is NCC(=O)[13CH2]CC(=O)O. The summed E-state index contributed by atoms with van der Waals surface area (Å²) in [4.78, 5) is 20.2. The van der Waals surface area contributed by atoms with E-state index in [-0.39, 0.29) is 25.2 Å². The van der Waals surface area contributed by atoms with Crippen LogP contribution < -0.4 is 5.73 Å². The number of hydrogen-bond donors (Lipinski definition) is 2. The minimum atomic E-state index is -0.961. The van der Waals surface area contributed by atoms with E-state index >= 15 is 0 Å². The average Bonchev–Trinajstić information content (AvgIpc) is 1.83. The first-order chi connectivity index (χ1) is 4.16. The van der Waals surface area contributed by atoms with Gasteiger partial charge in [-0.1, -0.05) is 0 Å². The predicted octanol–water partition coefficient (Wildman–Crippen LogP) is -0.621. The van der Waals surface area contributed by atoms with Crippen LogP contribution in [-0.2, 0) is 9.59 Å². The molecule has 0 rings (SSSR count). The maximum atomic E-state index is 10.3. The highest BCUT2D eigenvalue weighted by Crippen LogP contribution is 1.87. The number of carboxylic acids is 1. The van der Waals surface area contributed by atoms with Crippen LogP contribution in [0.5, 0.6) is 0 Å². The molecule has 0 aliphatic rings. The van der Waals surface area contributed by atoms with Gasteiger partial charge in [0.25, 0.3) is 0 Å². The van der Waals surface area contributed by atoms with Crippen molar-refractivity contribution < 1.29 is 14.7 Å². The molecule has 0 atom stereocenters. The molecule has 0 spiro atoms. The van der Waals surface area contributed by atoms with Gasteiger partial charge in [-0.2, -0.15) is 0 Å².